The summed E-state index contributed by atoms with van der Waals surface area (Å²) in [5.74, 6) is -0.602. The van der Waals surface area contributed by atoms with E-state index in [1.165, 1.54) is 12.3 Å². The van der Waals surface area contributed by atoms with Gasteiger partial charge in [0, 0.05) is 35.0 Å². The van der Waals surface area contributed by atoms with Crippen molar-refractivity contribution >= 4 is 34.0 Å². The van der Waals surface area contributed by atoms with E-state index in [0.717, 1.165) is 0 Å². The van der Waals surface area contributed by atoms with Crippen molar-refractivity contribution in [1.82, 2.24) is 10.3 Å². The number of aromatic nitrogens is 1. The molecule has 2 atom stereocenters. The molecular formula is C11H14ClN3O4S. The van der Waals surface area contributed by atoms with E-state index in [1.54, 1.807) is 13.2 Å². The standard InChI is InChI=1S/C11H14ClN3O4S/c1-7(20(2)19)3-5-14-11(16)8-4-6-13-10(12)9(8)15(17)18/h4,6-7H,3,5H2,1-2H3,(H,14,16). The summed E-state index contributed by atoms with van der Waals surface area (Å²) >= 11 is 5.62. The van der Waals surface area contributed by atoms with E-state index in [0.29, 0.717) is 6.42 Å². The van der Waals surface area contributed by atoms with Gasteiger partial charge in [0.1, 0.15) is 5.56 Å². The fourth-order valence-corrected chi connectivity index (χ4v) is 2.11. The maximum absolute atomic E-state index is 11.9. The summed E-state index contributed by atoms with van der Waals surface area (Å²) in [5.41, 5.74) is -0.654. The summed E-state index contributed by atoms with van der Waals surface area (Å²) in [4.78, 5) is 25.6. The summed E-state index contributed by atoms with van der Waals surface area (Å²) in [5, 5.41) is 13.0. The highest BCUT2D eigenvalue weighted by Gasteiger charge is 2.24. The van der Waals surface area contributed by atoms with Crippen LogP contribution in [0.3, 0.4) is 0 Å². The van der Waals surface area contributed by atoms with E-state index >= 15 is 0 Å². The zero-order valence-electron chi connectivity index (χ0n) is 11.0. The number of nitrogens with one attached hydrogen (secondary N) is 1. The molecule has 7 nitrogen and oxygen atoms in total. The molecule has 1 aromatic heterocycles. The number of nitro groups is 1. The highest BCUT2D eigenvalue weighted by atomic mass is 35.5. The lowest BCUT2D eigenvalue weighted by Gasteiger charge is -2.09. The molecule has 0 fully saturated rings. The number of halogens is 1. The van der Waals surface area contributed by atoms with Crippen LogP contribution in [0.5, 0.6) is 0 Å². The Morgan fingerprint density at radius 1 is 1.65 bits per heavy atom. The Balaban J connectivity index is 2.76. The molecule has 1 aromatic rings. The van der Waals surface area contributed by atoms with Crippen molar-refractivity contribution < 1.29 is 13.9 Å². The Hall–Kier alpha value is -1.54. The van der Waals surface area contributed by atoms with Gasteiger partial charge < -0.3 is 5.32 Å². The molecule has 1 heterocycles. The molecule has 0 spiro atoms. The lowest BCUT2D eigenvalue weighted by Crippen LogP contribution is -2.28. The second-order valence-electron chi connectivity index (χ2n) is 4.11. The lowest BCUT2D eigenvalue weighted by molar-refractivity contribution is -0.385. The van der Waals surface area contributed by atoms with E-state index in [4.69, 9.17) is 11.6 Å². The van der Waals surface area contributed by atoms with Crippen LogP contribution in [0.1, 0.15) is 23.7 Å². The van der Waals surface area contributed by atoms with Crippen molar-refractivity contribution in [3.8, 4) is 0 Å². The molecule has 0 saturated heterocycles. The van der Waals surface area contributed by atoms with Crippen LogP contribution in [-0.2, 0) is 10.8 Å². The molecule has 0 bridgehead atoms. The second-order valence-corrected chi connectivity index (χ2v) is 6.27. The normalized spacial score (nSPS) is 13.6. The number of hydrogen-bond donors (Lipinski definition) is 1. The first kappa shape index (κ1) is 16.5. The van der Waals surface area contributed by atoms with Crippen molar-refractivity contribution in [2.75, 3.05) is 12.8 Å². The topological polar surface area (TPSA) is 102 Å². The van der Waals surface area contributed by atoms with E-state index < -0.39 is 27.3 Å². The number of hydrogen-bond acceptors (Lipinski definition) is 5. The van der Waals surface area contributed by atoms with Gasteiger partial charge in [-0.2, -0.15) is 0 Å². The molecule has 0 saturated carbocycles. The van der Waals surface area contributed by atoms with Crippen LogP contribution in [0, 0.1) is 10.1 Å². The molecule has 9 heteroatoms. The van der Waals surface area contributed by atoms with Crippen molar-refractivity contribution in [2.24, 2.45) is 0 Å². The van der Waals surface area contributed by atoms with Crippen LogP contribution in [0.15, 0.2) is 12.3 Å². The number of nitrogens with zero attached hydrogens (tertiary/aromatic N) is 2. The van der Waals surface area contributed by atoms with Crippen LogP contribution < -0.4 is 5.32 Å². The monoisotopic (exact) mass is 319 g/mol. The van der Waals surface area contributed by atoms with Gasteiger partial charge in [0.05, 0.1) is 4.92 Å². The Labute approximate surface area is 123 Å². The zero-order chi connectivity index (χ0) is 15.3. The predicted molar refractivity (Wildman–Crippen MR) is 76.4 cm³/mol. The first-order valence-electron chi connectivity index (χ1n) is 5.74. The van der Waals surface area contributed by atoms with Crippen LogP contribution in [0.25, 0.3) is 0 Å². The number of rotatable bonds is 6. The Morgan fingerprint density at radius 2 is 2.30 bits per heavy atom. The number of amides is 1. The molecule has 0 aliphatic rings. The summed E-state index contributed by atoms with van der Waals surface area (Å²) in [6.07, 6.45) is 3.33. The molecule has 2 unspecified atom stereocenters. The summed E-state index contributed by atoms with van der Waals surface area (Å²) in [7, 11) is -0.976. The van der Waals surface area contributed by atoms with Crippen molar-refractivity contribution in [1.29, 1.82) is 0 Å². The van der Waals surface area contributed by atoms with E-state index in [9.17, 15) is 19.1 Å². The second kappa shape index (κ2) is 7.30. The minimum absolute atomic E-state index is 0.0636. The maximum Gasteiger partial charge on any atom is 0.319 e. The summed E-state index contributed by atoms with van der Waals surface area (Å²) in [6.45, 7) is 2.07. The van der Waals surface area contributed by atoms with Gasteiger partial charge in [-0.3, -0.25) is 19.1 Å². The van der Waals surface area contributed by atoms with Crippen LogP contribution in [0.4, 0.5) is 5.69 Å². The summed E-state index contributed by atoms with van der Waals surface area (Å²) in [6, 6.07) is 1.24. The maximum atomic E-state index is 11.9. The molecule has 0 aliphatic heterocycles. The zero-order valence-corrected chi connectivity index (χ0v) is 12.5. The molecule has 1 N–H and O–H groups in total. The quantitative estimate of drug-likeness (QED) is 0.486. The number of carbonyl (C=O) groups is 1. The van der Waals surface area contributed by atoms with Gasteiger partial charge in [-0.25, -0.2) is 4.98 Å². The van der Waals surface area contributed by atoms with E-state index in [-0.39, 0.29) is 22.5 Å². The minimum Gasteiger partial charge on any atom is -0.352 e. The molecule has 1 amide bonds. The first-order chi connectivity index (χ1) is 9.34. The highest BCUT2D eigenvalue weighted by molar-refractivity contribution is 7.84. The van der Waals surface area contributed by atoms with Crippen molar-refractivity contribution in [3.05, 3.63) is 33.1 Å². The lowest BCUT2D eigenvalue weighted by atomic mass is 10.2. The van der Waals surface area contributed by atoms with Gasteiger partial charge in [-0.05, 0) is 12.5 Å². The molecule has 0 aromatic carbocycles. The smallest absolute Gasteiger partial charge is 0.319 e. The van der Waals surface area contributed by atoms with Gasteiger partial charge in [-0.15, -0.1) is 0 Å². The predicted octanol–water partition coefficient (Wildman–Crippen LogP) is 1.53. The van der Waals surface area contributed by atoms with E-state index in [2.05, 4.69) is 10.3 Å². The van der Waals surface area contributed by atoms with Gasteiger partial charge in [0.2, 0.25) is 5.15 Å². The van der Waals surface area contributed by atoms with Crippen LogP contribution >= 0.6 is 11.6 Å². The van der Waals surface area contributed by atoms with Gasteiger partial charge in [0.25, 0.3) is 5.91 Å². The van der Waals surface area contributed by atoms with Crippen molar-refractivity contribution in [2.45, 2.75) is 18.6 Å². The average Bonchev–Trinajstić information content (AvgIpc) is 2.37. The first-order valence-corrected chi connectivity index (χ1v) is 7.73. The summed E-state index contributed by atoms with van der Waals surface area (Å²) < 4.78 is 11.2. The molecular weight excluding hydrogens is 306 g/mol. The molecule has 1 rings (SSSR count). The Morgan fingerprint density at radius 3 is 2.85 bits per heavy atom. The Kier molecular flexibility index (Phi) is 6.03. The largest absolute Gasteiger partial charge is 0.352 e. The van der Waals surface area contributed by atoms with Gasteiger partial charge in [-0.1, -0.05) is 18.5 Å². The van der Waals surface area contributed by atoms with Gasteiger partial charge >= 0.3 is 5.69 Å². The third-order valence-corrected chi connectivity index (χ3v) is 4.36. The molecule has 110 valence electrons. The van der Waals surface area contributed by atoms with Crippen molar-refractivity contribution in [3.63, 3.8) is 0 Å². The molecule has 0 radical (unpaired) electrons. The minimum atomic E-state index is -0.976. The van der Waals surface area contributed by atoms with E-state index in [1.807, 2.05) is 0 Å². The average molecular weight is 320 g/mol. The molecule has 20 heavy (non-hydrogen) atoms. The van der Waals surface area contributed by atoms with Crippen LogP contribution in [-0.4, -0.2) is 38.1 Å². The molecule has 0 aliphatic carbocycles. The highest BCUT2D eigenvalue weighted by Crippen LogP contribution is 2.25. The Bertz CT molecular complexity index is 552. The fraction of sp³-hybridized carbons (Fsp3) is 0.455. The fourth-order valence-electron chi connectivity index (χ4n) is 1.44. The SMILES string of the molecule is CC(CCNC(=O)c1ccnc(Cl)c1[N+](=O)[O-])S(C)=O. The van der Waals surface area contributed by atoms with Crippen LogP contribution in [0.2, 0.25) is 5.15 Å². The third-order valence-electron chi connectivity index (χ3n) is 2.71. The third kappa shape index (κ3) is 4.24. The van der Waals surface area contributed by atoms with Gasteiger partial charge in [0.15, 0.2) is 0 Å². The number of pyridine rings is 1. The number of carbonyl (C=O) groups excluding carboxylic acids is 1.